The molecular formula is C12H17ClN2. The van der Waals surface area contributed by atoms with Crippen LogP contribution in [0, 0.1) is 0 Å². The third-order valence-electron chi connectivity index (χ3n) is 2.94. The second kappa shape index (κ2) is 4.93. The van der Waals surface area contributed by atoms with E-state index in [-0.39, 0.29) is 5.38 Å². The van der Waals surface area contributed by atoms with Crippen LogP contribution in [0.5, 0.6) is 0 Å². The quantitative estimate of drug-likeness (QED) is 0.570. The number of nitrogens with zero attached hydrogens (tertiary/aromatic N) is 2. The van der Waals surface area contributed by atoms with Crippen molar-refractivity contribution >= 4 is 11.6 Å². The molecule has 0 amide bonds. The largest absolute Gasteiger partial charge is 0.241 e. The summed E-state index contributed by atoms with van der Waals surface area (Å²) in [4.78, 5) is 8.77. The van der Waals surface area contributed by atoms with Gasteiger partial charge in [0.2, 0.25) is 0 Å². The lowest BCUT2D eigenvalue weighted by Crippen LogP contribution is -2.08. The number of aryl methyl sites for hydroxylation is 1. The van der Waals surface area contributed by atoms with Gasteiger partial charge in [-0.05, 0) is 38.2 Å². The molecule has 0 saturated carbocycles. The predicted octanol–water partition coefficient (Wildman–Crippen LogP) is 2.92. The molecule has 2 nitrogen and oxygen atoms in total. The molecule has 2 rings (SSSR count). The normalized spacial score (nSPS) is 18.0. The molecule has 1 heterocycles. The van der Waals surface area contributed by atoms with Crippen molar-refractivity contribution < 1.29 is 0 Å². The van der Waals surface area contributed by atoms with E-state index in [4.69, 9.17) is 11.6 Å². The summed E-state index contributed by atoms with van der Waals surface area (Å²) in [7, 11) is 0. The van der Waals surface area contributed by atoms with E-state index in [1.54, 1.807) is 6.33 Å². The second-order valence-electron chi connectivity index (χ2n) is 4.29. The Morgan fingerprint density at radius 1 is 1.27 bits per heavy atom. The third kappa shape index (κ3) is 2.69. The average molecular weight is 225 g/mol. The molecule has 1 aliphatic carbocycles. The van der Waals surface area contributed by atoms with Gasteiger partial charge >= 0.3 is 0 Å². The van der Waals surface area contributed by atoms with Crippen molar-refractivity contribution in [3.8, 4) is 0 Å². The van der Waals surface area contributed by atoms with E-state index in [0.717, 1.165) is 19.3 Å². The van der Waals surface area contributed by atoms with Crippen molar-refractivity contribution in [1.29, 1.82) is 0 Å². The number of hydrogen-bond donors (Lipinski definition) is 0. The van der Waals surface area contributed by atoms with Gasteiger partial charge in [0.15, 0.2) is 0 Å². The Labute approximate surface area is 96.1 Å². The molecule has 15 heavy (non-hydrogen) atoms. The maximum atomic E-state index is 6.04. The van der Waals surface area contributed by atoms with E-state index < -0.39 is 0 Å². The Hall–Kier alpha value is -0.630. The van der Waals surface area contributed by atoms with Crippen molar-refractivity contribution in [2.24, 2.45) is 0 Å². The molecule has 0 aromatic carbocycles. The van der Waals surface area contributed by atoms with Gasteiger partial charge in [0.05, 0.1) is 0 Å². The van der Waals surface area contributed by atoms with E-state index >= 15 is 0 Å². The minimum atomic E-state index is 0.159. The molecule has 0 saturated heterocycles. The molecule has 1 aromatic rings. The van der Waals surface area contributed by atoms with Crippen molar-refractivity contribution in [3.63, 3.8) is 0 Å². The van der Waals surface area contributed by atoms with Crippen LogP contribution < -0.4 is 0 Å². The van der Waals surface area contributed by atoms with Crippen LogP contribution >= 0.6 is 11.6 Å². The summed E-state index contributed by atoms with van der Waals surface area (Å²) in [5.41, 5.74) is 3.81. The van der Waals surface area contributed by atoms with Gasteiger partial charge in [-0.2, -0.15) is 0 Å². The Morgan fingerprint density at radius 3 is 2.87 bits per heavy atom. The van der Waals surface area contributed by atoms with Gasteiger partial charge in [0.1, 0.15) is 6.33 Å². The van der Waals surface area contributed by atoms with Gasteiger partial charge < -0.3 is 0 Å². The first kappa shape index (κ1) is 10.9. The number of aromatic nitrogens is 2. The molecule has 0 fully saturated rings. The molecule has 3 heteroatoms. The maximum Gasteiger partial charge on any atom is 0.115 e. The highest BCUT2D eigenvalue weighted by Gasteiger charge is 2.15. The highest BCUT2D eigenvalue weighted by Crippen LogP contribution is 2.22. The van der Waals surface area contributed by atoms with Crippen molar-refractivity contribution in [2.45, 2.75) is 50.8 Å². The van der Waals surface area contributed by atoms with Crippen LogP contribution in [-0.2, 0) is 19.3 Å². The molecule has 0 bridgehead atoms. The fourth-order valence-electron chi connectivity index (χ4n) is 2.21. The number of alkyl halides is 1. The van der Waals surface area contributed by atoms with Crippen molar-refractivity contribution in [2.75, 3.05) is 0 Å². The van der Waals surface area contributed by atoms with E-state index in [1.165, 1.54) is 36.2 Å². The highest BCUT2D eigenvalue weighted by atomic mass is 35.5. The summed E-state index contributed by atoms with van der Waals surface area (Å²) >= 11 is 6.04. The lowest BCUT2D eigenvalue weighted by Gasteiger charge is -2.10. The second-order valence-corrected chi connectivity index (χ2v) is 5.04. The average Bonchev–Trinajstić information content (AvgIpc) is 2.42. The Bertz CT molecular complexity index is 336. The first-order valence-electron chi connectivity index (χ1n) is 5.73. The SMILES string of the molecule is CC(Cl)Cc1ncnc2c1CCCCC2. The smallest absolute Gasteiger partial charge is 0.115 e. The Balaban J connectivity index is 2.30. The first-order valence-corrected chi connectivity index (χ1v) is 6.16. The summed E-state index contributed by atoms with van der Waals surface area (Å²) in [6.45, 7) is 2.02. The van der Waals surface area contributed by atoms with Gasteiger partial charge in [0, 0.05) is 23.2 Å². The van der Waals surface area contributed by atoms with Gasteiger partial charge in [-0.15, -0.1) is 11.6 Å². The monoisotopic (exact) mass is 224 g/mol. The van der Waals surface area contributed by atoms with E-state index in [2.05, 4.69) is 9.97 Å². The van der Waals surface area contributed by atoms with Crippen LogP contribution in [0.4, 0.5) is 0 Å². The van der Waals surface area contributed by atoms with Crippen molar-refractivity contribution in [3.05, 3.63) is 23.3 Å². The van der Waals surface area contributed by atoms with Crippen molar-refractivity contribution in [1.82, 2.24) is 9.97 Å². The fourth-order valence-corrected chi connectivity index (χ4v) is 2.35. The van der Waals surface area contributed by atoms with Crippen LogP contribution in [0.2, 0.25) is 0 Å². The zero-order valence-electron chi connectivity index (χ0n) is 9.17. The number of rotatable bonds is 2. The maximum absolute atomic E-state index is 6.04. The van der Waals surface area contributed by atoms with Gasteiger partial charge in [0.25, 0.3) is 0 Å². The molecule has 1 unspecified atom stereocenters. The standard InChI is InChI=1S/C12H17ClN2/c1-9(13)7-12-10-5-3-2-4-6-11(10)14-8-15-12/h8-9H,2-7H2,1H3. The molecule has 0 N–H and O–H groups in total. The fraction of sp³-hybridized carbons (Fsp3) is 0.667. The number of fused-ring (bicyclic) bond motifs is 1. The molecule has 0 aliphatic heterocycles. The van der Waals surface area contributed by atoms with Crippen LogP contribution in [-0.4, -0.2) is 15.3 Å². The molecule has 0 radical (unpaired) electrons. The summed E-state index contributed by atoms with van der Waals surface area (Å²) in [5, 5.41) is 0.159. The number of hydrogen-bond acceptors (Lipinski definition) is 2. The zero-order chi connectivity index (χ0) is 10.7. The minimum Gasteiger partial charge on any atom is -0.241 e. The lowest BCUT2D eigenvalue weighted by molar-refractivity contribution is 0.707. The molecule has 0 spiro atoms. The summed E-state index contributed by atoms with van der Waals surface area (Å²) in [6, 6.07) is 0. The Kier molecular flexibility index (Phi) is 3.57. The summed E-state index contributed by atoms with van der Waals surface area (Å²) in [6.07, 6.45) is 8.65. The lowest BCUT2D eigenvalue weighted by atomic mass is 10.0. The van der Waals surface area contributed by atoms with Gasteiger partial charge in [-0.1, -0.05) is 6.42 Å². The van der Waals surface area contributed by atoms with Crippen LogP contribution in [0.15, 0.2) is 6.33 Å². The molecule has 1 aromatic heterocycles. The van der Waals surface area contributed by atoms with Gasteiger partial charge in [-0.25, -0.2) is 9.97 Å². The number of halogens is 1. The molecule has 82 valence electrons. The third-order valence-corrected chi connectivity index (χ3v) is 3.09. The summed E-state index contributed by atoms with van der Waals surface area (Å²) in [5.74, 6) is 0. The minimum absolute atomic E-state index is 0.159. The van der Waals surface area contributed by atoms with Crippen LogP contribution in [0.3, 0.4) is 0 Å². The highest BCUT2D eigenvalue weighted by molar-refractivity contribution is 6.20. The molecular weight excluding hydrogens is 208 g/mol. The Morgan fingerprint density at radius 2 is 2.07 bits per heavy atom. The van der Waals surface area contributed by atoms with E-state index in [1.807, 2.05) is 6.92 Å². The van der Waals surface area contributed by atoms with Crippen LogP contribution in [0.1, 0.15) is 43.1 Å². The zero-order valence-corrected chi connectivity index (χ0v) is 9.93. The van der Waals surface area contributed by atoms with Gasteiger partial charge in [-0.3, -0.25) is 0 Å². The predicted molar refractivity (Wildman–Crippen MR) is 62.3 cm³/mol. The van der Waals surface area contributed by atoms with E-state index in [0.29, 0.717) is 0 Å². The topological polar surface area (TPSA) is 25.8 Å². The van der Waals surface area contributed by atoms with E-state index in [9.17, 15) is 0 Å². The van der Waals surface area contributed by atoms with Crippen LogP contribution in [0.25, 0.3) is 0 Å². The first-order chi connectivity index (χ1) is 7.27. The molecule has 1 atom stereocenters. The molecule has 1 aliphatic rings. The summed E-state index contributed by atoms with van der Waals surface area (Å²) < 4.78 is 0.